The van der Waals surface area contributed by atoms with Gasteiger partial charge in [-0.05, 0) is 30.3 Å². The third kappa shape index (κ3) is 2.15. The summed E-state index contributed by atoms with van der Waals surface area (Å²) in [6.07, 6.45) is 3.54. The van der Waals surface area contributed by atoms with E-state index >= 15 is 0 Å². The van der Waals surface area contributed by atoms with Gasteiger partial charge >= 0.3 is 0 Å². The first-order valence-electron chi connectivity index (χ1n) is 5.74. The molecule has 0 aliphatic carbocycles. The first-order chi connectivity index (χ1) is 9.15. The third-order valence-corrected chi connectivity index (χ3v) is 3.43. The van der Waals surface area contributed by atoms with Crippen molar-refractivity contribution >= 4 is 21.6 Å². The van der Waals surface area contributed by atoms with Gasteiger partial charge in [0.1, 0.15) is 5.69 Å². The zero-order valence-electron chi connectivity index (χ0n) is 10.3. The minimum atomic E-state index is 0.631. The topological polar surface area (TPSA) is 61.7 Å². The van der Waals surface area contributed by atoms with E-state index in [1.165, 1.54) is 0 Å². The summed E-state index contributed by atoms with van der Waals surface area (Å²) in [5, 5.41) is 8.66. The van der Waals surface area contributed by atoms with Gasteiger partial charge in [-0.3, -0.25) is 4.68 Å². The largest absolute Gasteiger partial charge is 0.396 e. The molecule has 0 aliphatic rings. The summed E-state index contributed by atoms with van der Waals surface area (Å²) >= 11 is 3.41. The van der Waals surface area contributed by atoms with Gasteiger partial charge in [-0.25, -0.2) is 4.68 Å². The van der Waals surface area contributed by atoms with Crippen LogP contribution in [0.15, 0.2) is 47.2 Å². The van der Waals surface area contributed by atoms with Gasteiger partial charge in [-0.2, -0.15) is 10.2 Å². The van der Waals surface area contributed by atoms with Gasteiger partial charge in [0.25, 0.3) is 0 Å². The lowest BCUT2D eigenvalue weighted by Gasteiger charge is -2.01. The van der Waals surface area contributed by atoms with E-state index in [1.807, 2.05) is 43.6 Å². The second-order valence-corrected chi connectivity index (χ2v) is 5.11. The SMILES string of the molecule is Cn1nccc1-c1nn(-c2ccc(Br)cc2)cc1N. The summed E-state index contributed by atoms with van der Waals surface area (Å²) in [5.74, 6) is 0. The predicted octanol–water partition coefficient (Wildman–Crippen LogP) is 2.62. The summed E-state index contributed by atoms with van der Waals surface area (Å²) in [6, 6.07) is 9.78. The molecule has 3 aromatic rings. The lowest BCUT2D eigenvalue weighted by molar-refractivity contribution is 0.769. The van der Waals surface area contributed by atoms with Gasteiger partial charge in [0.05, 0.1) is 23.3 Å². The highest BCUT2D eigenvalue weighted by molar-refractivity contribution is 9.10. The quantitative estimate of drug-likeness (QED) is 0.790. The number of hydrogen-bond acceptors (Lipinski definition) is 3. The average Bonchev–Trinajstić information content (AvgIpc) is 2.96. The molecule has 19 heavy (non-hydrogen) atoms. The second kappa shape index (κ2) is 4.55. The lowest BCUT2D eigenvalue weighted by Crippen LogP contribution is -1.97. The van der Waals surface area contributed by atoms with Gasteiger partial charge < -0.3 is 5.73 Å². The Labute approximate surface area is 118 Å². The highest BCUT2D eigenvalue weighted by atomic mass is 79.9. The molecule has 0 unspecified atom stereocenters. The molecule has 0 amide bonds. The van der Waals surface area contributed by atoms with Crippen LogP contribution in [-0.4, -0.2) is 19.6 Å². The number of hydrogen-bond donors (Lipinski definition) is 1. The molecule has 0 bridgehead atoms. The zero-order valence-corrected chi connectivity index (χ0v) is 11.9. The molecule has 2 heterocycles. The molecule has 6 heteroatoms. The maximum absolute atomic E-state index is 6.04. The molecule has 3 rings (SSSR count). The van der Waals surface area contributed by atoms with Crippen LogP contribution in [0.1, 0.15) is 0 Å². The number of aromatic nitrogens is 4. The fraction of sp³-hybridized carbons (Fsp3) is 0.0769. The number of halogens is 1. The lowest BCUT2D eigenvalue weighted by atomic mass is 10.3. The molecule has 2 N–H and O–H groups in total. The molecular formula is C13H12BrN5. The number of nitrogens with two attached hydrogens (primary N) is 1. The second-order valence-electron chi connectivity index (χ2n) is 4.19. The Hall–Kier alpha value is -2.08. The van der Waals surface area contributed by atoms with Crippen LogP contribution < -0.4 is 5.73 Å². The smallest absolute Gasteiger partial charge is 0.134 e. The number of rotatable bonds is 2. The van der Waals surface area contributed by atoms with Crippen LogP contribution in [0.4, 0.5) is 5.69 Å². The van der Waals surface area contributed by atoms with Gasteiger partial charge in [-0.15, -0.1) is 0 Å². The van der Waals surface area contributed by atoms with Gasteiger partial charge in [0.15, 0.2) is 0 Å². The number of nitrogens with zero attached hydrogens (tertiary/aromatic N) is 4. The fourth-order valence-corrected chi connectivity index (χ4v) is 2.18. The van der Waals surface area contributed by atoms with E-state index in [4.69, 9.17) is 5.73 Å². The van der Waals surface area contributed by atoms with Crippen molar-refractivity contribution in [1.82, 2.24) is 19.6 Å². The molecule has 1 aromatic carbocycles. The monoisotopic (exact) mass is 317 g/mol. The predicted molar refractivity (Wildman–Crippen MR) is 77.9 cm³/mol. The third-order valence-electron chi connectivity index (χ3n) is 2.90. The van der Waals surface area contributed by atoms with Crippen molar-refractivity contribution in [1.29, 1.82) is 0 Å². The summed E-state index contributed by atoms with van der Waals surface area (Å²) in [5.41, 5.74) is 9.26. The van der Waals surface area contributed by atoms with Gasteiger partial charge in [0, 0.05) is 17.7 Å². The average molecular weight is 318 g/mol. The number of nitrogen functional groups attached to an aromatic ring is 1. The highest BCUT2D eigenvalue weighted by Gasteiger charge is 2.12. The number of benzene rings is 1. The van der Waals surface area contributed by atoms with E-state index in [-0.39, 0.29) is 0 Å². The van der Waals surface area contributed by atoms with Crippen LogP contribution in [0.5, 0.6) is 0 Å². The summed E-state index contributed by atoms with van der Waals surface area (Å²) in [7, 11) is 1.87. The van der Waals surface area contributed by atoms with Crippen molar-refractivity contribution in [2.45, 2.75) is 0 Å². The van der Waals surface area contributed by atoms with Crippen molar-refractivity contribution in [2.75, 3.05) is 5.73 Å². The van der Waals surface area contributed by atoms with Crippen molar-refractivity contribution < 1.29 is 0 Å². The van der Waals surface area contributed by atoms with E-state index < -0.39 is 0 Å². The van der Waals surface area contributed by atoms with Gasteiger partial charge in [-0.1, -0.05) is 15.9 Å². The van der Waals surface area contributed by atoms with Crippen LogP contribution in [0, 0.1) is 0 Å². The maximum Gasteiger partial charge on any atom is 0.134 e. The summed E-state index contributed by atoms with van der Waals surface area (Å²) in [6.45, 7) is 0. The summed E-state index contributed by atoms with van der Waals surface area (Å²) in [4.78, 5) is 0. The van der Waals surface area contributed by atoms with E-state index in [0.29, 0.717) is 5.69 Å². The number of anilines is 1. The van der Waals surface area contributed by atoms with Crippen LogP contribution in [0.25, 0.3) is 17.1 Å². The van der Waals surface area contributed by atoms with Crippen molar-refractivity contribution in [3.05, 3.63) is 47.2 Å². The van der Waals surface area contributed by atoms with E-state index in [9.17, 15) is 0 Å². The molecule has 2 aromatic heterocycles. The first kappa shape index (κ1) is 12.0. The Morgan fingerprint density at radius 1 is 1.16 bits per heavy atom. The standard InChI is InChI=1S/C13H12BrN5/c1-18-12(6-7-16-18)13-11(15)8-19(17-13)10-4-2-9(14)3-5-10/h2-8H,15H2,1H3. The highest BCUT2D eigenvalue weighted by Crippen LogP contribution is 2.25. The van der Waals surface area contributed by atoms with Crippen molar-refractivity contribution in [2.24, 2.45) is 7.05 Å². The van der Waals surface area contributed by atoms with Crippen LogP contribution in [0.3, 0.4) is 0 Å². The Bertz CT molecular complexity index is 711. The fourth-order valence-electron chi connectivity index (χ4n) is 1.92. The van der Waals surface area contributed by atoms with Crippen molar-refractivity contribution in [3.63, 3.8) is 0 Å². The Kier molecular flexibility index (Phi) is 2.87. The van der Waals surface area contributed by atoms with E-state index in [0.717, 1.165) is 21.5 Å². The Morgan fingerprint density at radius 2 is 1.89 bits per heavy atom. The molecule has 5 nitrogen and oxygen atoms in total. The molecule has 0 saturated carbocycles. The minimum Gasteiger partial charge on any atom is -0.396 e. The normalized spacial score (nSPS) is 10.8. The van der Waals surface area contributed by atoms with Crippen molar-refractivity contribution in [3.8, 4) is 17.1 Å². The van der Waals surface area contributed by atoms with Crippen LogP contribution in [0.2, 0.25) is 0 Å². The summed E-state index contributed by atoms with van der Waals surface area (Å²) < 4.78 is 4.55. The van der Waals surface area contributed by atoms with Crippen LogP contribution in [-0.2, 0) is 7.05 Å². The first-order valence-corrected chi connectivity index (χ1v) is 6.54. The van der Waals surface area contributed by atoms with E-state index in [2.05, 4.69) is 26.1 Å². The van der Waals surface area contributed by atoms with Crippen LogP contribution >= 0.6 is 15.9 Å². The molecule has 0 fully saturated rings. The van der Waals surface area contributed by atoms with E-state index in [1.54, 1.807) is 15.6 Å². The Morgan fingerprint density at radius 3 is 2.53 bits per heavy atom. The minimum absolute atomic E-state index is 0.631. The molecule has 96 valence electrons. The molecule has 0 spiro atoms. The maximum atomic E-state index is 6.04. The Balaban J connectivity index is 2.07. The zero-order chi connectivity index (χ0) is 13.4. The molecule has 0 aliphatic heterocycles. The number of aryl methyl sites for hydroxylation is 1. The van der Waals surface area contributed by atoms with Gasteiger partial charge in [0.2, 0.25) is 0 Å². The molecule has 0 atom stereocenters. The molecular weight excluding hydrogens is 306 g/mol. The molecule has 0 saturated heterocycles. The molecule has 0 radical (unpaired) electrons.